The van der Waals surface area contributed by atoms with Crippen molar-refractivity contribution in [3.05, 3.63) is 29.8 Å². The van der Waals surface area contributed by atoms with Gasteiger partial charge in [0.2, 0.25) is 0 Å². The zero-order chi connectivity index (χ0) is 8.48. The van der Waals surface area contributed by atoms with Crippen molar-refractivity contribution < 1.29 is 8.42 Å². The van der Waals surface area contributed by atoms with E-state index in [2.05, 4.69) is 0 Å². The largest absolute Gasteiger partial charge is 0.224 e. The molecule has 0 aromatic heterocycles. The zero-order valence-corrected chi connectivity index (χ0v) is 13.7. The molecule has 0 N–H and O–H groups in total. The summed E-state index contributed by atoms with van der Waals surface area (Å²) in [6.07, 6.45) is 1.22. The molecule has 84 valence electrons. The van der Waals surface area contributed by atoms with Gasteiger partial charge in [0.25, 0.3) is 0 Å². The molecule has 0 fully saturated rings. The molecule has 1 aromatic carbocycles. The lowest BCUT2D eigenvalue weighted by Crippen LogP contribution is -1.98. The topological polar surface area (TPSA) is 34.1 Å². The van der Waals surface area contributed by atoms with Crippen LogP contribution in [0.5, 0.6) is 0 Å². The van der Waals surface area contributed by atoms with Gasteiger partial charge in [0.15, 0.2) is 9.84 Å². The third kappa shape index (κ3) is 5.48. The Bertz CT molecular complexity index is 363. The maximum atomic E-state index is 11.1. The Balaban J connectivity index is -0.000000403. The molecular formula is C8H13Br3O2S. The normalized spacial score (nSPS) is 9.00. The van der Waals surface area contributed by atoms with Crippen LogP contribution in [-0.2, 0) is 9.84 Å². The Morgan fingerprint density at radius 2 is 1.43 bits per heavy atom. The van der Waals surface area contributed by atoms with Gasteiger partial charge >= 0.3 is 0 Å². The van der Waals surface area contributed by atoms with E-state index in [-0.39, 0.29) is 50.9 Å². The van der Waals surface area contributed by atoms with Crippen molar-refractivity contribution in [1.29, 1.82) is 0 Å². The highest BCUT2D eigenvalue weighted by atomic mass is 79.9. The van der Waals surface area contributed by atoms with Crippen LogP contribution < -0.4 is 0 Å². The van der Waals surface area contributed by atoms with E-state index in [0.717, 1.165) is 5.56 Å². The van der Waals surface area contributed by atoms with Gasteiger partial charge in [-0.3, -0.25) is 0 Å². The van der Waals surface area contributed by atoms with Crippen molar-refractivity contribution in [3.63, 3.8) is 0 Å². The van der Waals surface area contributed by atoms with Crippen LogP contribution in [0.2, 0.25) is 0 Å². The Morgan fingerprint density at radius 3 is 1.71 bits per heavy atom. The Morgan fingerprint density at radius 1 is 1.00 bits per heavy atom. The summed E-state index contributed by atoms with van der Waals surface area (Å²) in [5, 5.41) is 0. The molecule has 1 rings (SSSR count). The Labute approximate surface area is 116 Å². The summed E-state index contributed by atoms with van der Waals surface area (Å²) in [4.78, 5) is 0.417. The molecule has 0 aliphatic carbocycles. The fraction of sp³-hybridized carbons (Fsp3) is 0.250. The maximum absolute atomic E-state index is 11.1. The molecule has 0 spiro atoms. The van der Waals surface area contributed by atoms with E-state index in [1.807, 2.05) is 6.07 Å². The van der Waals surface area contributed by atoms with E-state index in [0.29, 0.717) is 4.90 Å². The van der Waals surface area contributed by atoms with Gasteiger partial charge in [-0.2, -0.15) is 0 Å². The molecule has 0 heterocycles. The van der Waals surface area contributed by atoms with Crippen LogP contribution in [0.1, 0.15) is 5.56 Å². The average molecular weight is 413 g/mol. The number of hydrogen-bond donors (Lipinski definition) is 0. The molecule has 14 heavy (non-hydrogen) atoms. The van der Waals surface area contributed by atoms with E-state index in [4.69, 9.17) is 0 Å². The summed E-state index contributed by atoms with van der Waals surface area (Å²) >= 11 is 0. The number of halogens is 3. The molecule has 0 unspecified atom stereocenters. The fourth-order valence-corrected chi connectivity index (χ4v) is 1.95. The SMILES string of the molecule is Br.Br.Br.Cc1ccccc1S(C)(=O)=O. The molecule has 0 amide bonds. The van der Waals surface area contributed by atoms with Crippen LogP contribution in [0, 0.1) is 6.92 Å². The van der Waals surface area contributed by atoms with Crippen LogP contribution in [-0.4, -0.2) is 14.7 Å². The summed E-state index contributed by atoms with van der Waals surface area (Å²) < 4.78 is 22.1. The fourth-order valence-electron chi connectivity index (χ4n) is 0.972. The quantitative estimate of drug-likeness (QED) is 0.710. The van der Waals surface area contributed by atoms with Crippen LogP contribution in [0.4, 0.5) is 0 Å². The van der Waals surface area contributed by atoms with Gasteiger partial charge in [-0.15, -0.1) is 50.9 Å². The molecule has 2 nitrogen and oxygen atoms in total. The van der Waals surface area contributed by atoms with Crippen molar-refractivity contribution >= 4 is 60.8 Å². The monoisotopic (exact) mass is 410 g/mol. The summed E-state index contributed by atoms with van der Waals surface area (Å²) in [7, 11) is -3.03. The first-order chi connectivity index (χ1) is 5.02. The van der Waals surface area contributed by atoms with Crippen molar-refractivity contribution in [2.75, 3.05) is 6.26 Å². The Hall–Kier alpha value is 0.610. The summed E-state index contributed by atoms with van der Waals surface area (Å²) in [6.45, 7) is 1.79. The van der Waals surface area contributed by atoms with E-state index in [1.54, 1.807) is 25.1 Å². The minimum atomic E-state index is -3.03. The van der Waals surface area contributed by atoms with Gasteiger partial charge in [0.05, 0.1) is 4.90 Å². The molecule has 0 bridgehead atoms. The Kier molecular flexibility index (Phi) is 11.2. The van der Waals surface area contributed by atoms with Gasteiger partial charge in [0.1, 0.15) is 0 Å². The standard InChI is InChI=1S/C8H10O2S.3BrH/c1-7-5-3-4-6-8(7)11(2,9)10;;;/h3-6H,1-2H3;3*1H. The molecule has 0 saturated heterocycles. The number of aryl methyl sites for hydroxylation is 1. The lowest BCUT2D eigenvalue weighted by atomic mass is 10.2. The first kappa shape index (κ1) is 20.1. The van der Waals surface area contributed by atoms with E-state index in [9.17, 15) is 8.42 Å². The lowest BCUT2D eigenvalue weighted by molar-refractivity contribution is 0.601. The molecular weight excluding hydrogens is 400 g/mol. The van der Waals surface area contributed by atoms with Gasteiger partial charge in [-0.05, 0) is 18.6 Å². The second-order valence-electron chi connectivity index (χ2n) is 2.54. The van der Waals surface area contributed by atoms with Gasteiger partial charge < -0.3 is 0 Å². The highest BCUT2D eigenvalue weighted by Crippen LogP contribution is 2.12. The third-order valence-corrected chi connectivity index (χ3v) is 2.75. The predicted molar refractivity (Wildman–Crippen MR) is 75.3 cm³/mol. The molecule has 6 heteroatoms. The second-order valence-corrected chi connectivity index (χ2v) is 4.52. The summed E-state index contributed by atoms with van der Waals surface area (Å²) in [6, 6.07) is 6.95. The van der Waals surface area contributed by atoms with E-state index in [1.165, 1.54) is 6.26 Å². The number of benzene rings is 1. The average Bonchev–Trinajstić information content (AvgIpc) is 1.86. The van der Waals surface area contributed by atoms with Gasteiger partial charge in [-0.1, -0.05) is 18.2 Å². The molecule has 0 radical (unpaired) electrons. The van der Waals surface area contributed by atoms with Crippen LogP contribution >= 0.6 is 50.9 Å². The molecule has 0 aliphatic rings. The van der Waals surface area contributed by atoms with Crippen molar-refractivity contribution in [1.82, 2.24) is 0 Å². The predicted octanol–water partition coefficient (Wildman–Crippen LogP) is 3.13. The van der Waals surface area contributed by atoms with Crippen LogP contribution in [0.3, 0.4) is 0 Å². The zero-order valence-electron chi connectivity index (χ0n) is 7.76. The number of hydrogen-bond acceptors (Lipinski definition) is 2. The summed E-state index contributed by atoms with van der Waals surface area (Å²) in [5.41, 5.74) is 0.801. The number of sulfone groups is 1. The molecule has 0 aliphatic heterocycles. The second kappa shape index (κ2) is 7.84. The first-order valence-corrected chi connectivity index (χ1v) is 5.16. The minimum Gasteiger partial charge on any atom is -0.224 e. The molecule has 0 atom stereocenters. The lowest BCUT2D eigenvalue weighted by Gasteiger charge is -2.00. The van der Waals surface area contributed by atoms with Crippen molar-refractivity contribution in [3.8, 4) is 0 Å². The van der Waals surface area contributed by atoms with Crippen LogP contribution in [0.25, 0.3) is 0 Å². The van der Waals surface area contributed by atoms with Crippen LogP contribution in [0.15, 0.2) is 29.2 Å². The first-order valence-electron chi connectivity index (χ1n) is 3.27. The summed E-state index contributed by atoms with van der Waals surface area (Å²) in [5.74, 6) is 0. The highest BCUT2D eigenvalue weighted by molar-refractivity contribution is 8.93. The molecule has 0 saturated carbocycles. The minimum absolute atomic E-state index is 0. The number of rotatable bonds is 1. The maximum Gasteiger partial charge on any atom is 0.175 e. The third-order valence-electron chi connectivity index (χ3n) is 1.49. The van der Waals surface area contributed by atoms with E-state index >= 15 is 0 Å². The highest BCUT2D eigenvalue weighted by Gasteiger charge is 2.07. The van der Waals surface area contributed by atoms with Crippen molar-refractivity contribution in [2.24, 2.45) is 0 Å². The van der Waals surface area contributed by atoms with Crippen molar-refractivity contribution in [2.45, 2.75) is 11.8 Å². The van der Waals surface area contributed by atoms with E-state index < -0.39 is 9.84 Å². The van der Waals surface area contributed by atoms with Gasteiger partial charge in [-0.25, -0.2) is 8.42 Å². The van der Waals surface area contributed by atoms with Gasteiger partial charge in [0, 0.05) is 6.26 Å². The molecule has 1 aromatic rings. The smallest absolute Gasteiger partial charge is 0.175 e.